The molecule has 2 nitrogen and oxygen atoms in total. The Morgan fingerprint density at radius 1 is 1.35 bits per heavy atom. The Balaban J connectivity index is 2.59. The third-order valence-corrected chi connectivity index (χ3v) is 5.38. The van der Waals surface area contributed by atoms with Gasteiger partial charge in [0.25, 0.3) is 0 Å². The molecular formula is C16H17BrO2S. The lowest BCUT2D eigenvalue weighted by Crippen LogP contribution is -2.07. The number of ether oxygens (including phenoxy) is 1. The van der Waals surface area contributed by atoms with Crippen molar-refractivity contribution in [1.29, 1.82) is 0 Å². The number of ketones is 1. The second kappa shape index (κ2) is 6.10. The van der Waals surface area contributed by atoms with E-state index in [0.29, 0.717) is 11.3 Å². The van der Waals surface area contributed by atoms with Gasteiger partial charge in [-0.3, -0.25) is 4.79 Å². The molecule has 0 radical (unpaired) electrons. The number of rotatable bonds is 4. The zero-order valence-corrected chi connectivity index (χ0v) is 14.4. The Labute approximate surface area is 131 Å². The fourth-order valence-corrected chi connectivity index (χ4v) is 3.64. The first kappa shape index (κ1) is 15.3. The summed E-state index contributed by atoms with van der Waals surface area (Å²) in [5, 5.41) is 0. The van der Waals surface area contributed by atoms with E-state index in [4.69, 9.17) is 4.74 Å². The zero-order valence-electron chi connectivity index (χ0n) is 12.0. The summed E-state index contributed by atoms with van der Waals surface area (Å²) < 4.78 is 6.39. The minimum atomic E-state index is 0.0356. The molecule has 4 heteroatoms. The zero-order chi connectivity index (χ0) is 14.9. The number of halogens is 1. The van der Waals surface area contributed by atoms with Crippen molar-refractivity contribution in [2.45, 2.75) is 27.2 Å². The van der Waals surface area contributed by atoms with Crippen LogP contribution in [-0.2, 0) is 6.42 Å². The van der Waals surface area contributed by atoms with E-state index >= 15 is 0 Å². The maximum atomic E-state index is 12.8. The molecule has 1 aromatic carbocycles. The van der Waals surface area contributed by atoms with Crippen LogP contribution in [0.25, 0.3) is 0 Å². The molecule has 106 valence electrons. The van der Waals surface area contributed by atoms with Gasteiger partial charge in [-0.05, 0) is 49.6 Å². The van der Waals surface area contributed by atoms with Crippen molar-refractivity contribution in [1.82, 2.24) is 0 Å². The number of methoxy groups -OCH3 is 1. The number of hydrogen-bond donors (Lipinski definition) is 0. The fourth-order valence-electron chi connectivity index (χ4n) is 2.20. The van der Waals surface area contributed by atoms with Gasteiger partial charge in [0.2, 0.25) is 5.78 Å². The van der Waals surface area contributed by atoms with Gasteiger partial charge in [-0.15, -0.1) is 11.3 Å². The second-order valence-electron chi connectivity index (χ2n) is 4.66. The minimum Gasteiger partial charge on any atom is -0.496 e. The Bertz CT molecular complexity index is 659. The molecule has 0 saturated carbocycles. The summed E-state index contributed by atoms with van der Waals surface area (Å²) in [6.07, 6.45) is 0.950. The van der Waals surface area contributed by atoms with Crippen molar-refractivity contribution in [2.24, 2.45) is 0 Å². The molecule has 0 aliphatic rings. The molecule has 20 heavy (non-hydrogen) atoms. The smallest absolute Gasteiger partial charge is 0.206 e. The van der Waals surface area contributed by atoms with Crippen molar-refractivity contribution >= 4 is 33.0 Å². The van der Waals surface area contributed by atoms with Crippen LogP contribution >= 0.6 is 27.3 Å². The van der Waals surface area contributed by atoms with Crippen LogP contribution in [0.4, 0.5) is 0 Å². The molecule has 0 aliphatic carbocycles. The van der Waals surface area contributed by atoms with E-state index in [1.807, 2.05) is 32.0 Å². The van der Waals surface area contributed by atoms with E-state index in [2.05, 4.69) is 22.9 Å². The summed E-state index contributed by atoms with van der Waals surface area (Å²) >= 11 is 5.07. The second-order valence-corrected chi connectivity index (χ2v) is 6.68. The minimum absolute atomic E-state index is 0.0356. The van der Waals surface area contributed by atoms with Crippen molar-refractivity contribution in [3.05, 3.63) is 49.1 Å². The molecule has 0 spiro atoms. The predicted octanol–water partition coefficient (Wildman–Crippen LogP) is 4.93. The van der Waals surface area contributed by atoms with Crippen LogP contribution in [-0.4, -0.2) is 12.9 Å². The van der Waals surface area contributed by atoms with Gasteiger partial charge >= 0.3 is 0 Å². The number of carbonyl (C=O) groups excluding carboxylic acids is 1. The van der Waals surface area contributed by atoms with E-state index in [1.165, 1.54) is 4.88 Å². The summed E-state index contributed by atoms with van der Waals surface area (Å²) in [7, 11) is 1.61. The molecule has 0 unspecified atom stereocenters. The van der Waals surface area contributed by atoms with Crippen LogP contribution in [0.1, 0.15) is 38.2 Å². The molecule has 0 atom stereocenters. The first-order valence-electron chi connectivity index (χ1n) is 6.46. The average molecular weight is 353 g/mol. The third-order valence-electron chi connectivity index (χ3n) is 3.33. The Morgan fingerprint density at radius 2 is 2.05 bits per heavy atom. The first-order chi connectivity index (χ1) is 9.49. The van der Waals surface area contributed by atoms with E-state index in [9.17, 15) is 4.79 Å². The van der Waals surface area contributed by atoms with Crippen molar-refractivity contribution < 1.29 is 9.53 Å². The number of hydrogen-bond acceptors (Lipinski definition) is 3. The molecule has 0 bridgehead atoms. The van der Waals surface area contributed by atoms with Gasteiger partial charge in [0, 0.05) is 9.35 Å². The van der Waals surface area contributed by atoms with Gasteiger partial charge in [-0.25, -0.2) is 0 Å². The molecule has 0 amide bonds. The quantitative estimate of drug-likeness (QED) is 0.729. The van der Waals surface area contributed by atoms with Crippen LogP contribution in [0.5, 0.6) is 5.75 Å². The number of aryl methyl sites for hydroxylation is 2. The van der Waals surface area contributed by atoms with E-state index in [-0.39, 0.29) is 5.78 Å². The van der Waals surface area contributed by atoms with Crippen molar-refractivity contribution in [3.63, 3.8) is 0 Å². The maximum Gasteiger partial charge on any atom is 0.206 e. The fraction of sp³-hybridized carbons (Fsp3) is 0.312. The lowest BCUT2D eigenvalue weighted by molar-refractivity contribution is 0.103. The SMILES string of the molecule is CCc1ccc(C(=O)c2c(C)c(Br)cc(C)c2OC)s1. The summed E-state index contributed by atoms with van der Waals surface area (Å²) in [5.74, 6) is 0.704. The average Bonchev–Trinajstić information content (AvgIpc) is 2.90. The lowest BCUT2D eigenvalue weighted by Gasteiger charge is -2.14. The molecule has 2 aromatic rings. The van der Waals surface area contributed by atoms with Gasteiger partial charge in [-0.2, -0.15) is 0 Å². The molecule has 0 saturated heterocycles. The molecular weight excluding hydrogens is 336 g/mol. The van der Waals surface area contributed by atoms with Gasteiger partial charge in [0.1, 0.15) is 5.75 Å². The highest BCUT2D eigenvalue weighted by molar-refractivity contribution is 9.10. The molecule has 1 aromatic heterocycles. The van der Waals surface area contributed by atoms with Crippen LogP contribution in [0.15, 0.2) is 22.7 Å². The maximum absolute atomic E-state index is 12.8. The predicted molar refractivity (Wildman–Crippen MR) is 87.3 cm³/mol. The van der Waals surface area contributed by atoms with E-state index in [0.717, 1.165) is 26.9 Å². The lowest BCUT2D eigenvalue weighted by atomic mass is 9.99. The van der Waals surface area contributed by atoms with E-state index in [1.54, 1.807) is 18.4 Å². The van der Waals surface area contributed by atoms with E-state index < -0.39 is 0 Å². The summed E-state index contributed by atoms with van der Waals surface area (Å²) in [4.78, 5) is 14.8. The summed E-state index contributed by atoms with van der Waals surface area (Å²) in [5.41, 5.74) is 2.54. The first-order valence-corrected chi connectivity index (χ1v) is 8.07. The number of carbonyl (C=O) groups is 1. The van der Waals surface area contributed by atoms with Gasteiger partial charge < -0.3 is 4.74 Å². The Morgan fingerprint density at radius 3 is 2.60 bits per heavy atom. The molecule has 0 N–H and O–H groups in total. The normalized spacial score (nSPS) is 10.7. The van der Waals surface area contributed by atoms with Crippen molar-refractivity contribution in [3.8, 4) is 5.75 Å². The highest BCUT2D eigenvalue weighted by Crippen LogP contribution is 2.35. The number of benzene rings is 1. The van der Waals surface area contributed by atoms with Gasteiger partial charge in [-0.1, -0.05) is 22.9 Å². The topological polar surface area (TPSA) is 26.3 Å². The Kier molecular flexibility index (Phi) is 4.66. The highest BCUT2D eigenvalue weighted by Gasteiger charge is 2.22. The van der Waals surface area contributed by atoms with Gasteiger partial charge in [0.05, 0.1) is 17.6 Å². The molecule has 0 fully saturated rings. The van der Waals surface area contributed by atoms with Crippen molar-refractivity contribution in [2.75, 3.05) is 7.11 Å². The van der Waals surface area contributed by atoms with Crippen LogP contribution in [0, 0.1) is 13.8 Å². The van der Waals surface area contributed by atoms with Crippen LogP contribution in [0.3, 0.4) is 0 Å². The largest absolute Gasteiger partial charge is 0.496 e. The molecule has 1 heterocycles. The standard InChI is InChI=1S/C16H17BrO2S/c1-5-11-6-7-13(20-11)15(18)14-10(3)12(17)8-9(2)16(14)19-4/h6-8H,5H2,1-4H3. The number of thiophene rings is 1. The third kappa shape index (κ3) is 2.67. The van der Waals surface area contributed by atoms with Crippen LogP contribution in [0.2, 0.25) is 0 Å². The van der Waals surface area contributed by atoms with Gasteiger partial charge in [0.15, 0.2) is 0 Å². The highest BCUT2D eigenvalue weighted by atomic mass is 79.9. The Hall–Kier alpha value is -1.13. The molecule has 2 rings (SSSR count). The summed E-state index contributed by atoms with van der Waals surface area (Å²) in [6.45, 7) is 5.98. The monoisotopic (exact) mass is 352 g/mol. The summed E-state index contributed by atoms with van der Waals surface area (Å²) in [6, 6.07) is 5.91. The molecule has 0 aliphatic heterocycles. The van der Waals surface area contributed by atoms with Crippen LogP contribution < -0.4 is 4.74 Å².